The summed E-state index contributed by atoms with van der Waals surface area (Å²) in [6.07, 6.45) is 2.57. The van der Waals surface area contributed by atoms with E-state index in [4.69, 9.17) is 11.6 Å². The van der Waals surface area contributed by atoms with Gasteiger partial charge in [-0.25, -0.2) is 0 Å². The van der Waals surface area contributed by atoms with Gasteiger partial charge in [-0.1, -0.05) is 11.6 Å². The van der Waals surface area contributed by atoms with Crippen molar-refractivity contribution in [1.29, 1.82) is 0 Å². The first-order valence-electron chi connectivity index (χ1n) is 10.3. The van der Waals surface area contributed by atoms with Crippen LogP contribution in [0.25, 0.3) is 0 Å². The van der Waals surface area contributed by atoms with Gasteiger partial charge in [0.05, 0.1) is 9.21 Å². The highest BCUT2D eigenvalue weighted by molar-refractivity contribution is 7.18. The number of carbonyl (C=O) groups is 3. The number of nitrogens with zero attached hydrogens (tertiary/aromatic N) is 1. The molecular formula is C22H24ClN3O4S. The molecule has 9 heteroatoms. The van der Waals surface area contributed by atoms with E-state index >= 15 is 0 Å². The van der Waals surface area contributed by atoms with Crippen LogP contribution in [0, 0.1) is 5.92 Å². The Bertz CT molecular complexity index is 977. The summed E-state index contributed by atoms with van der Waals surface area (Å²) < 4.78 is 0.536. The van der Waals surface area contributed by atoms with Crippen molar-refractivity contribution in [2.75, 3.05) is 18.1 Å². The zero-order valence-electron chi connectivity index (χ0n) is 16.8. The standard InChI is InChI=1S/C22H24ClN3O4S/c23-19-8-7-18(31-19)22(30)25-17-11-13(12-27)10-16(17)24-21(29)14-3-5-15(6-4-14)26-9-1-2-20(26)28/h3-8,13,16-17,27H,1-2,9-12H2,(H,24,29)(H,25,30)/t13-,16-,17-/m1/s1. The number of benzene rings is 1. The van der Waals surface area contributed by atoms with Crippen LogP contribution in [0.5, 0.6) is 0 Å². The van der Waals surface area contributed by atoms with Crippen molar-refractivity contribution >= 4 is 46.3 Å². The van der Waals surface area contributed by atoms with E-state index in [2.05, 4.69) is 10.6 Å². The third-order valence-corrected chi connectivity index (χ3v) is 7.09. The van der Waals surface area contributed by atoms with Gasteiger partial charge >= 0.3 is 0 Å². The summed E-state index contributed by atoms with van der Waals surface area (Å²) in [4.78, 5) is 39.5. The SMILES string of the molecule is O=C(N[C@@H]1C[C@@H](CO)C[C@H]1NC(=O)c1ccc(Cl)s1)c1ccc(N2CCCC2=O)cc1. The van der Waals surface area contributed by atoms with Gasteiger partial charge in [-0.3, -0.25) is 14.4 Å². The van der Waals surface area contributed by atoms with E-state index in [-0.39, 0.29) is 42.3 Å². The average Bonchev–Trinajstić information content (AvgIpc) is 3.48. The summed E-state index contributed by atoms with van der Waals surface area (Å²) >= 11 is 7.12. The second kappa shape index (κ2) is 9.38. The van der Waals surface area contributed by atoms with E-state index in [1.807, 2.05) is 0 Å². The topological polar surface area (TPSA) is 98.7 Å². The Morgan fingerprint density at radius 3 is 2.29 bits per heavy atom. The molecule has 2 heterocycles. The Hall–Kier alpha value is -2.42. The van der Waals surface area contributed by atoms with Gasteiger partial charge in [0.2, 0.25) is 5.91 Å². The number of amides is 3. The second-order valence-corrected chi connectivity index (χ2v) is 9.69. The molecule has 0 radical (unpaired) electrons. The molecule has 0 spiro atoms. The first kappa shape index (κ1) is 21.8. The quantitative estimate of drug-likeness (QED) is 0.616. The predicted molar refractivity (Wildman–Crippen MR) is 120 cm³/mol. The number of hydrogen-bond acceptors (Lipinski definition) is 5. The molecule has 31 heavy (non-hydrogen) atoms. The zero-order chi connectivity index (χ0) is 22.0. The minimum atomic E-state index is -0.288. The molecule has 2 fully saturated rings. The molecule has 164 valence electrons. The minimum Gasteiger partial charge on any atom is -0.396 e. The summed E-state index contributed by atoms with van der Waals surface area (Å²) in [7, 11) is 0. The van der Waals surface area contributed by atoms with Crippen molar-refractivity contribution in [3.05, 3.63) is 51.2 Å². The van der Waals surface area contributed by atoms with Crippen molar-refractivity contribution < 1.29 is 19.5 Å². The number of nitrogens with one attached hydrogen (secondary N) is 2. The van der Waals surface area contributed by atoms with Crippen LogP contribution >= 0.6 is 22.9 Å². The van der Waals surface area contributed by atoms with Crippen LogP contribution < -0.4 is 15.5 Å². The molecular weight excluding hydrogens is 438 g/mol. The van der Waals surface area contributed by atoms with Gasteiger partial charge in [0.1, 0.15) is 0 Å². The summed E-state index contributed by atoms with van der Waals surface area (Å²) in [5, 5.41) is 15.6. The van der Waals surface area contributed by atoms with Crippen LogP contribution in [0.2, 0.25) is 4.34 Å². The lowest BCUT2D eigenvalue weighted by Crippen LogP contribution is -2.48. The summed E-state index contributed by atoms with van der Waals surface area (Å²) in [5.41, 5.74) is 1.28. The fraction of sp³-hybridized carbons (Fsp3) is 0.409. The van der Waals surface area contributed by atoms with E-state index in [1.165, 1.54) is 11.3 Å². The Morgan fingerprint density at radius 1 is 1.06 bits per heavy atom. The number of thiophene rings is 1. The molecule has 1 aromatic carbocycles. The van der Waals surface area contributed by atoms with Gasteiger partial charge in [-0.15, -0.1) is 11.3 Å². The van der Waals surface area contributed by atoms with Gasteiger partial charge in [0.15, 0.2) is 0 Å². The van der Waals surface area contributed by atoms with E-state index in [9.17, 15) is 19.5 Å². The van der Waals surface area contributed by atoms with Gasteiger partial charge in [0, 0.05) is 42.9 Å². The molecule has 0 unspecified atom stereocenters. The maximum Gasteiger partial charge on any atom is 0.261 e. The third-order valence-electron chi connectivity index (χ3n) is 5.86. The molecule has 4 rings (SSSR count). The Labute approximate surface area is 189 Å². The third kappa shape index (κ3) is 4.92. The molecule has 1 saturated heterocycles. The van der Waals surface area contributed by atoms with Gasteiger partial charge < -0.3 is 20.6 Å². The number of hydrogen-bond donors (Lipinski definition) is 3. The van der Waals surface area contributed by atoms with Crippen LogP contribution in [-0.2, 0) is 4.79 Å². The number of anilines is 1. The Kier molecular flexibility index (Phi) is 6.60. The lowest BCUT2D eigenvalue weighted by Gasteiger charge is -2.22. The number of halogens is 1. The summed E-state index contributed by atoms with van der Waals surface area (Å²) in [5.74, 6) is -0.379. The lowest BCUT2D eigenvalue weighted by molar-refractivity contribution is -0.117. The van der Waals surface area contributed by atoms with Crippen LogP contribution in [0.4, 0.5) is 5.69 Å². The van der Waals surface area contributed by atoms with Crippen LogP contribution in [-0.4, -0.2) is 48.1 Å². The fourth-order valence-corrected chi connectivity index (χ4v) is 5.20. The first-order valence-corrected chi connectivity index (χ1v) is 11.5. The molecule has 7 nitrogen and oxygen atoms in total. The molecule has 3 N–H and O–H groups in total. The van der Waals surface area contributed by atoms with E-state index in [0.717, 1.165) is 12.1 Å². The number of carbonyl (C=O) groups excluding carboxylic acids is 3. The first-order chi connectivity index (χ1) is 14.9. The minimum absolute atomic E-state index is 0.00211. The fourth-order valence-electron chi connectivity index (χ4n) is 4.25. The zero-order valence-corrected chi connectivity index (χ0v) is 18.4. The maximum atomic E-state index is 12.8. The van der Waals surface area contributed by atoms with Crippen molar-refractivity contribution in [1.82, 2.24) is 10.6 Å². The second-order valence-electron chi connectivity index (χ2n) is 7.98. The lowest BCUT2D eigenvalue weighted by atomic mass is 10.1. The number of aliphatic hydroxyl groups is 1. The summed E-state index contributed by atoms with van der Waals surface area (Å²) in [6, 6.07) is 9.74. The molecule has 2 aromatic rings. The van der Waals surface area contributed by atoms with Crippen molar-refractivity contribution in [2.45, 2.75) is 37.8 Å². The molecule has 1 saturated carbocycles. The van der Waals surface area contributed by atoms with Crippen LogP contribution in [0.3, 0.4) is 0 Å². The number of rotatable bonds is 6. The highest BCUT2D eigenvalue weighted by atomic mass is 35.5. The highest BCUT2D eigenvalue weighted by Gasteiger charge is 2.36. The van der Waals surface area contributed by atoms with E-state index in [0.29, 0.717) is 40.6 Å². The number of aliphatic hydroxyl groups excluding tert-OH is 1. The molecule has 3 atom stereocenters. The molecule has 2 aliphatic rings. The van der Waals surface area contributed by atoms with Gasteiger partial charge in [-0.2, -0.15) is 0 Å². The molecule has 1 aliphatic heterocycles. The highest BCUT2D eigenvalue weighted by Crippen LogP contribution is 2.28. The van der Waals surface area contributed by atoms with Crippen LogP contribution in [0.1, 0.15) is 45.7 Å². The summed E-state index contributed by atoms with van der Waals surface area (Å²) in [6.45, 7) is 0.702. The smallest absolute Gasteiger partial charge is 0.261 e. The Balaban J connectivity index is 1.41. The van der Waals surface area contributed by atoms with Gasteiger partial charge in [-0.05, 0) is 61.6 Å². The van der Waals surface area contributed by atoms with Crippen molar-refractivity contribution in [3.8, 4) is 0 Å². The molecule has 1 aromatic heterocycles. The molecule has 1 aliphatic carbocycles. The van der Waals surface area contributed by atoms with Gasteiger partial charge in [0.25, 0.3) is 11.8 Å². The monoisotopic (exact) mass is 461 g/mol. The predicted octanol–water partition coefficient (Wildman–Crippen LogP) is 2.83. The largest absolute Gasteiger partial charge is 0.396 e. The van der Waals surface area contributed by atoms with Crippen molar-refractivity contribution in [3.63, 3.8) is 0 Å². The molecule has 3 amide bonds. The average molecular weight is 462 g/mol. The van der Waals surface area contributed by atoms with E-state index < -0.39 is 0 Å². The maximum absolute atomic E-state index is 12.8. The van der Waals surface area contributed by atoms with E-state index in [1.54, 1.807) is 41.3 Å². The normalized spacial score (nSPS) is 23.2. The van der Waals surface area contributed by atoms with Crippen LogP contribution in [0.15, 0.2) is 36.4 Å². The molecule has 0 bridgehead atoms. The Morgan fingerprint density at radius 2 is 1.74 bits per heavy atom. The van der Waals surface area contributed by atoms with Crippen molar-refractivity contribution in [2.24, 2.45) is 5.92 Å².